The molecular weight excluding hydrogens is 198 g/mol. The summed E-state index contributed by atoms with van der Waals surface area (Å²) in [5, 5.41) is 8.76. The van der Waals surface area contributed by atoms with Gasteiger partial charge in [0.15, 0.2) is 0 Å². The van der Waals surface area contributed by atoms with Gasteiger partial charge in [0, 0.05) is 0 Å². The lowest BCUT2D eigenvalue weighted by molar-refractivity contribution is 0.802. The van der Waals surface area contributed by atoms with Crippen molar-refractivity contribution in [1.29, 1.82) is 5.26 Å². The number of imidazole rings is 1. The van der Waals surface area contributed by atoms with Gasteiger partial charge >= 0.3 is 0 Å². The highest BCUT2D eigenvalue weighted by atomic mass is 15.1. The summed E-state index contributed by atoms with van der Waals surface area (Å²) in [6.07, 6.45) is 0.320. The normalized spacial score (nSPS) is 9.50. The Hall–Kier alpha value is -2.26. The highest BCUT2D eigenvalue weighted by Gasteiger charge is 2.08. The van der Waals surface area contributed by atoms with Crippen LogP contribution < -0.4 is 0 Å². The fraction of sp³-hybridized carbons (Fsp3) is 0.231. The third-order valence-electron chi connectivity index (χ3n) is 2.38. The summed E-state index contributed by atoms with van der Waals surface area (Å²) in [4.78, 5) is 4.43. The number of fused-ring (bicyclic) bond motifs is 1. The summed E-state index contributed by atoms with van der Waals surface area (Å²) < 4.78 is 2.00. The number of hydrogen-bond acceptors (Lipinski definition) is 2. The zero-order valence-corrected chi connectivity index (χ0v) is 9.07. The van der Waals surface area contributed by atoms with E-state index in [4.69, 9.17) is 5.26 Å². The number of nitriles is 1. The van der Waals surface area contributed by atoms with E-state index in [0.29, 0.717) is 13.0 Å². The van der Waals surface area contributed by atoms with Gasteiger partial charge in [-0.3, -0.25) is 0 Å². The van der Waals surface area contributed by atoms with Gasteiger partial charge in [0.1, 0.15) is 5.82 Å². The molecule has 0 bridgehead atoms. The zero-order valence-electron chi connectivity index (χ0n) is 9.07. The van der Waals surface area contributed by atoms with Gasteiger partial charge in [-0.15, -0.1) is 5.92 Å². The Balaban J connectivity index is 2.58. The average Bonchev–Trinajstić information content (AvgIpc) is 2.65. The van der Waals surface area contributed by atoms with E-state index in [2.05, 4.69) is 22.9 Å². The van der Waals surface area contributed by atoms with Crippen molar-refractivity contribution in [3.8, 4) is 17.9 Å². The largest absolute Gasteiger partial charge is 0.315 e. The second-order valence-corrected chi connectivity index (χ2v) is 3.36. The SMILES string of the molecule is CC#CCn1c(CC#N)nc2ccccc21. The Labute approximate surface area is 94.3 Å². The molecule has 0 spiro atoms. The summed E-state index contributed by atoms with van der Waals surface area (Å²) in [6, 6.07) is 10.00. The third kappa shape index (κ3) is 1.76. The fourth-order valence-corrected chi connectivity index (χ4v) is 1.67. The molecule has 1 heterocycles. The minimum Gasteiger partial charge on any atom is -0.315 e. The lowest BCUT2D eigenvalue weighted by Gasteiger charge is -2.01. The molecule has 0 aliphatic carbocycles. The zero-order chi connectivity index (χ0) is 11.4. The van der Waals surface area contributed by atoms with E-state index in [1.807, 2.05) is 35.8 Å². The van der Waals surface area contributed by atoms with Gasteiger partial charge in [-0.2, -0.15) is 5.26 Å². The molecule has 0 fully saturated rings. The topological polar surface area (TPSA) is 41.6 Å². The van der Waals surface area contributed by atoms with E-state index in [1.54, 1.807) is 0 Å². The highest BCUT2D eigenvalue weighted by Crippen LogP contribution is 2.15. The van der Waals surface area contributed by atoms with Gasteiger partial charge < -0.3 is 4.57 Å². The maximum atomic E-state index is 8.76. The first kappa shape index (κ1) is 10.3. The predicted molar refractivity (Wildman–Crippen MR) is 62.5 cm³/mol. The molecule has 0 N–H and O–H groups in total. The highest BCUT2D eigenvalue weighted by molar-refractivity contribution is 5.76. The molecule has 3 heteroatoms. The summed E-state index contributed by atoms with van der Waals surface area (Å²) in [6.45, 7) is 2.40. The minimum absolute atomic E-state index is 0.320. The Bertz CT molecular complexity index is 605. The Morgan fingerprint density at radius 3 is 2.94 bits per heavy atom. The van der Waals surface area contributed by atoms with E-state index >= 15 is 0 Å². The van der Waals surface area contributed by atoms with Crippen LogP contribution in [-0.4, -0.2) is 9.55 Å². The number of rotatable bonds is 2. The monoisotopic (exact) mass is 209 g/mol. The Morgan fingerprint density at radius 1 is 1.38 bits per heavy atom. The molecule has 2 aromatic rings. The van der Waals surface area contributed by atoms with Crippen molar-refractivity contribution in [1.82, 2.24) is 9.55 Å². The van der Waals surface area contributed by atoms with Crippen LogP contribution in [0.3, 0.4) is 0 Å². The second-order valence-electron chi connectivity index (χ2n) is 3.36. The van der Waals surface area contributed by atoms with Crippen molar-refractivity contribution in [2.75, 3.05) is 0 Å². The maximum absolute atomic E-state index is 8.76. The number of nitrogens with zero attached hydrogens (tertiary/aromatic N) is 3. The molecule has 1 aromatic carbocycles. The molecule has 78 valence electrons. The Morgan fingerprint density at radius 2 is 2.19 bits per heavy atom. The van der Waals surface area contributed by atoms with Crippen LogP contribution in [0.4, 0.5) is 0 Å². The molecule has 2 rings (SSSR count). The molecular formula is C13H11N3. The van der Waals surface area contributed by atoms with Gasteiger partial charge in [0.05, 0.1) is 30.1 Å². The van der Waals surface area contributed by atoms with Crippen LogP contribution >= 0.6 is 0 Å². The first-order valence-corrected chi connectivity index (χ1v) is 5.07. The molecule has 0 saturated heterocycles. The molecule has 0 amide bonds. The third-order valence-corrected chi connectivity index (χ3v) is 2.38. The van der Waals surface area contributed by atoms with E-state index in [1.165, 1.54) is 0 Å². The number of hydrogen-bond donors (Lipinski definition) is 0. The predicted octanol–water partition coefficient (Wildman–Crippen LogP) is 2.13. The van der Waals surface area contributed by atoms with Gasteiger partial charge in [0.2, 0.25) is 0 Å². The molecule has 0 aliphatic heterocycles. The van der Waals surface area contributed by atoms with Crippen molar-refractivity contribution in [3.05, 3.63) is 30.1 Å². The van der Waals surface area contributed by atoms with Gasteiger partial charge in [-0.05, 0) is 19.1 Å². The van der Waals surface area contributed by atoms with Crippen molar-refractivity contribution in [3.63, 3.8) is 0 Å². The second kappa shape index (κ2) is 4.51. The van der Waals surface area contributed by atoms with Crippen LogP contribution in [0, 0.1) is 23.2 Å². The van der Waals surface area contributed by atoms with Crippen LogP contribution in [0.5, 0.6) is 0 Å². The van der Waals surface area contributed by atoms with Gasteiger partial charge in [-0.1, -0.05) is 18.1 Å². The summed E-state index contributed by atoms with van der Waals surface area (Å²) in [5.74, 6) is 6.65. The van der Waals surface area contributed by atoms with Crippen molar-refractivity contribution in [2.45, 2.75) is 19.9 Å². The number of para-hydroxylation sites is 2. The lowest BCUT2D eigenvalue weighted by Crippen LogP contribution is -2.01. The van der Waals surface area contributed by atoms with Crippen LogP contribution in [0.25, 0.3) is 11.0 Å². The lowest BCUT2D eigenvalue weighted by atomic mass is 10.3. The molecule has 3 nitrogen and oxygen atoms in total. The molecule has 0 unspecified atom stereocenters. The van der Waals surface area contributed by atoms with Crippen molar-refractivity contribution >= 4 is 11.0 Å². The number of aromatic nitrogens is 2. The minimum atomic E-state index is 0.320. The summed E-state index contributed by atoms with van der Waals surface area (Å²) in [7, 11) is 0. The number of benzene rings is 1. The first-order chi connectivity index (χ1) is 7.86. The van der Waals surface area contributed by atoms with Crippen LogP contribution in [0.1, 0.15) is 12.7 Å². The van der Waals surface area contributed by atoms with Crippen LogP contribution in [-0.2, 0) is 13.0 Å². The van der Waals surface area contributed by atoms with Gasteiger partial charge in [-0.25, -0.2) is 4.98 Å². The quantitative estimate of drug-likeness (QED) is 0.711. The van der Waals surface area contributed by atoms with E-state index in [9.17, 15) is 0 Å². The molecule has 0 aliphatic rings. The maximum Gasteiger partial charge on any atom is 0.124 e. The summed E-state index contributed by atoms with van der Waals surface area (Å²) >= 11 is 0. The summed E-state index contributed by atoms with van der Waals surface area (Å²) in [5.41, 5.74) is 1.96. The average molecular weight is 209 g/mol. The van der Waals surface area contributed by atoms with Crippen molar-refractivity contribution in [2.24, 2.45) is 0 Å². The molecule has 0 saturated carbocycles. The van der Waals surface area contributed by atoms with E-state index in [0.717, 1.165) is 16.9 Å². The van der Waals surface area contributed by atoms with Crippen LogP contribution in [0.2, 0.25) is 0 Å². The van der Waals surface area contributed by atoms with E-state index < -0.39 is 0 Å². The smallest absolute Gasteiger partial charge is 0.124 e. The molecule has 0 radical (unpaired) electrons. The van der Waals surface area contributed by atoms with E-state index in [-0.39, 0.29) is 0 Å². The van der Waals surface area contributed by atoms with Crippen molar-refractivity contribution < 1.29 is 0 Å². The molecule has 16 heavy (non-hydrogen) atoms. The molecule has 1 aromatic heterocycles. The van der Waals surface area contributed by atoms with Crippen LogP contribution in [0.15, 0.2) is 24.3 Å². The van der Waals surface area contributed by atoms with Gasteiger partial charge in [0.25, 0.3) is 0 Å². The first-order valence-electron chi connectivity index (χ1n) is 5.07. The molecule has 0 atom stereocenters. The standard InChI is InChI=1S/C13H11N3/c1-2-3-10-16-12-7-5-4-6-11(12)15-13(16)8-9-14/h4-7H,8,10H2,1H3. The Kier molecular flexibility index (Phi) is 2.89. The fourth-order valence-electron chi connectivity index (χ4n) is 1.67.